The highest BCUT2D eigenvalue weighted by molar-refractivity contribution is 5.15. The van der Waals surface area contributed by atoms with Crippen LogP contribution in [0, 0.1) is 5.92 Å². The highest BCUT2D eigenvalue weighted by atomic mass is 15.1. The monoisotopic (exact) mass is 691 g/mol. The fourth-order valence-corrected chi connectivity index (χ4v) is 8.30. The average molecular weight is 691 g/mol. The summed E-state index contributed by atoms with van der Waals surface area (Å²) in [4.78, 5) is 4.50. The van der Waals surface area contributed by atoms with E-state index < -0.39 is 0 Å². The maximum absolute atomic E-state index is 4.50. The third-order valence-corrected chi connectivity index (χ3v) is 11.6. The molecule has 2 unspecified atom stereocenters. The molecule has 2 heteroatoms. The van der Waals surface area contributed by atoms with E-state index >= 15 is 0 Å². The van der Waals surface area contributed by atoms with Crippen molar-refractivity contribution < 1.29 is 0 Å². The van der Waals surface area contributed by atoms with Crippen LogP contribution in [0.5, 0.6) is 0 Å². The van der Waals surface area contributed by atoms with Crippen molar-refractivity contribution in [3.63, 3.8) is 0 Å². The molecule has 0 aliphatic carbocycles. The summed E-state index contributed by atoms with van der Waals surface area (Å²) in [5.41, 5.74) is 1.51. The van der Waals surface area contributed by atoms with Gasteiger partial charge in [-0.25, -0.2) is 4.98 Å². The Morgan fingerprint density at radius 1 is 0.440 bits per heavy atom. The second kappa shape index (κ2) is 34.5. The zero-order valence-electron chi connectivity index (χ0n) is 33.9. The van der Waals surface area contributed by atoms with E-state index in [1.807, 2.05) is 6.20 Å². The van der Waals surface area contributed by atoms with Gasteiger partial charge in [-0.05, 0) is 30.7 Å². The molecule has 0 spiro atoms. The van der Waals surface area contributed by atoms with Crippen molar-refractivity contribution in [2.75, 3.05) is 0 Å². The van der Waals surface area contributed by atoms with Crippen LogP contribution in [-0.2, 0) is 6.42 Å². The summed E-state index contributed by atoms with van der Waals surface area (Å²) in [5, 5.41) is 0. The molecule has 288 valence electrons. The molecule has 0 radical (unpaired) electrons. The van der Waals surface area contributed by atoms with Gasteiger partial charge in [0.25, 0.3) is 0 Å². The fraction of sp³-hybridized carbons (Fsp3) is 0.812. The molecule has 2 atom stereocenters. The summed E-state index contributed by atoms with van der Waals surface area (Å²) >= 11 is 0. The molecule has 0 bridgehead atoms. The Morgan fingerprint density at radius 2 is 0.800 bits per heavy atom. The molecular formula is C48H86N2. The van der Waals surface area contributed by atoms with E-state index in [-0.39, 0.29) is 0 Å². The van der Waals surface area contributed by atoms with Crippen LogP contribution in [0.25, 0.3) is 0 Å². The lowest BCUT2D eigenvalue weighted by molar-refractivity contribution is 0.275. The fourth-order valence-electron chi connectivity index (χ4n) is 8.30. The molecule has 2 rings (SSSR count). The van der Waals surface area contributed by atoms with Gasteiger partial charge in [0.15, 0.2) is 0 Å². The summed E-state index contributed by atoms with van der Waals surface area (Å²) in [6.45, 7) is 4.62. The van der Waals surface area contributed by atoms with Gasteiger partial charge in [-0.15, -0.1) is 0 Å². The summed E-state index contributed by atoms with van der Waals surface area (Å²) in [6.07, 6.45) is 56.2. The average Bonchev–Trinajstić information content (AvgIpc) is 3.68. The second-order valence-electron chi connectivity index (χ2n) is 16.2. The van der Waals surface area contributed by atoms with Crippen LogP contribution in [0.2, 0.25) is 0 Å². The van der Waals surface area contributed by atoms with Gasteiger partial charge in [-0.2, -0.15) is 0 Å². The largest absolute Gasteiger partial charge is 0.334 e. The van der Waals surface area contributed by atoms with Crippen molar-refractivity contribution in [1.29, 1.82) is 0 Å². The normalized spacial score (nSPS) is 12.8. The molecule has 0 fully saturated rings. The van der Waals surface area contributed by atoms with Crippen molar-refractivity contribution in [3.8, 4) is 0 Å². The van der Waals surface area contributed by atoms with E-state index in [0.29, 0.717) is 12.0 Å². The zero-order chi connectivity index (χ0) is 35.4. The van der Waals surface area contributed by atoms with E-state index in [4.69, 9.17) is 0 Å². The number of hydrogen-bond acceptors (Lipinski definition) is 1. The lowest BCUT2D eigenvalue weighted by Crippen LogP contribution is -2.21. The SMILES string of the molecule is CCCCCCCCCCCCCCCCCCC(Cc1ccccc1)C(CCCCCCCCCCCCCCCCCC)n1ccnc1. The minimum Gasteiger partial charge on any atom is -0.334 e. The Kier molecular flexibility index (Phi) is 30.8. The van der Waals surface area contributed by atoms with Crippen LogP contribution in [0.4, 0.5) is 0 Å². The predicted molar refractivity (Wildman–Crippen MR) is 223 cm³/mol. The van der Waals surface area contributed by atoms with Crippen molar-refractivity contribution in [2.24, 2.45) is 5.92 Å². The third kappa shape index (κ3) is 25.4. The van der Waals surface area contributed by atoms with Crippen LogP contribution in [0.3, 0.4) is 0 Å². The van der Waals surface area contributed by atoms with Gasteiger partial charge in [0.1, 0.15) is 0 Å². The number of nitrogens with zero attached hydrogens (tertiary/aromatic N) is 2. The van der Waals surface area contributed by atoms with E-state index in [1.54, 1.807) is 0 Å². The summed E-state index contributed by atoms with van der Waals surface area (Å²) in [7, 11) is 0. The van der Waals surface area contributed by atoms with Gasteiger partial charge < -0.3 is 4.57 Å². The van der Waals surface area contributed by atoms with Gasteiger partial charge >= 0.3 is 0 Å². The third-order valence-electron chi connectivity index (χ3n) is 11.6. The standard InChI is InChI=1S/C48H86N2/c1-3-5-7-9-11-13-15-17-19-21-23-25-27-29-31-36-40-47(44-46-38-34-33-35-39-46)48(50-43-42-49-45-50)41-37-32-30-28-26-24-22-20-18-16-14-12-10-8-6-4-2/h33-35,38-39,42-43,45,47-48H,3-32,36-37,40-41,44H2,1-2H3. The van der Waals surface area contributed by atoms with E-state index in [1.165, 1.54) is 230 Å². The first-order valence-electron chi connectivity index (χ1n) is 22.9. The molecule has 2 nitrogen and oxygen atoms in total. The van der Waals surface area contributed by atoms with Gasteiger partial charge in [0.2, 0.25) is 0 Å². The topological polar surface area (TPSA) is 17.8 Å². The van der Waals surface area contributed by atoms with Gasteiger partial charge in [0.05, 0.1) is 6.33 Å². The molecule has 0 saturated heterocycles. The number of aromatic nitrogens is 2. The van der Waals surface area contributed by atoms with E-state index in [9.17, 15) is 0 Å². The zero-order valence-corrected chi connectivity index (χ0v) is 33.9. The first-order valence-corrected chi connectivity index (χ1v) is 22.9. The molecule has 2 aromatic rings. The lowest BCUT2D eigenvalue weighted by atomic mass is 9.84. The van der Waals surface area contributed by atoms with Gasteiger partial charge in [0, 0.05) is 18.4 Å². The van der Waals surface area contributed by atoms with Crippen molar-refractivity contribution in [3.05, 3.63) is 54.6 Å². The Hall–Kier alpha value is -1.57. The van der Waals surface area contributed by atoms with Crippen molar-refractivity contribution in [1.82, 2.24) is 9.55 Å². The maximum atomic E-state index is 4.50. The molecule has 1 aromatic heterocycles. The molecule has 0 aliphatic rings. The number of imidazole rings is 1. The molecule has 50 heavy (non-hydrogen) atoms. The van der Waals surface area contributed by atoms with Gasteiger partial charge in [-0.3, -0.25) is 0 Å². The van der Waals surface area contributed by atoms with Crippen LogP contribution in [-0.4, -0.2) is 9.55 Å². The van der Waals surface area contributed by atoms with Crippen LogP contribution in [0.15, 0.2) is 49.1 Å². The molecule has 0 aliphatic heterocycles. The second-order valence-corrected chi connectivity index (χ2v) is 16.2. The Bertz CT molecular complexity index is 905. The summed E-state index contributed by atoms with van der Waals surface area (Å²) in [6, 6.07) is 11.9. The highest BCUT2D eigenvalue weighted by Gasteiger charge is 2.23. The van der Waals surface area contributed by atoms with E-state index in [2.05, 4.69) is 66.3 Å². The van der Waals surface area contributed by atoms with Crippen molar-refractivity contribution in [2.45, 2.75) is 245 Å². The number of benzene rings is 1. The smallest absolute Gasteiger partial charge is 0.0948 e. The minimum absolute atomic E-state index is 0.570. The number of unbranched alkanes of at least 4 members (excludes halogenated alkanes) is 30. The van der Waals surface area contributed by atoms with Crippen molar-refractivity contribution >= 4 is 0 Å². The highest BCUT2D eigenvalue weighted by Crippen LogP contribution is 2.32. The maximum Gasteiger partial charge on any atom is 0.0948 e. The van der Waals surface area contributed by atoms with Crippen LogP contribution < -0.4 is 0 Å². The van der Waals surface area contributed by atoms with Gasteiger partial charge in [-0.1, -0.05) is 250 Å². The molecule has 1 aromatic carbocycles. The summed E-state index contributed by atoms with van der Waals surface area (Å²) in [5.74, 6) is 0.689. The number of hydrogen-bond donors (Lipinski definition) is 0. The quantitative estimate of drug-likeness (QED) is 0.0641. The van der Waals surface area contributed by atoms with Crippen LogP contribution in [0.1, 0.15) is 244 Å². The first-order chi connectivity index (χ1) is 24.8. The van der Waals surface area contributed by atoms with E-state index in [0.717, 1.165) is 0 Å². The number of rotatable bonds is 38. The molecule has 1 heterocycles. The lowest BCUT2D eigenvalue weighted by Gasteiger charge is -2.29. The Morgan fingerprint density at radius 3 is 1.16 bits per heavy atom. The Labute approximate surface area is 313 Å². The Balaban J connectivity index is 1.60. The van der Waals surface area contributed by atoms with Crippen LogP contribution >= 0.6 is 0 Å². The summed E-state index contributed by atoms with van der Waals surface area (Å²) < 4.78 is 2.46. The molecule has 0 amide bonds. The predicted octanol–water partition coefficient (Wildman–Crippen LogP) is 16.6. The first kappa shape index (κ1) is 44.6. The molecule has 0 saturated carbocycles. The minimum atomic E-state index is 0.570. The molecule has 0 N–H and O–H groups in total. The molecular weight excluding hydrogens is 605 g/mol.